The second-order valence-corrected chi connectivity index (χ2v) is 12.8. The molecule has 1 saturated carbocycles. The van der Waals surface area contributed by atoms with Gasteiger partial charge < -0.3 is 10.2 Å². The number of hydrogen-bond donors (Lipinski definition) is 1. The molecule has 0 aromatic heterocycles. The summed E-state index contributed by atoms with van der Waals surface area (Å²) in [6.45, 7) is 5.10. The van der Waals surface area contributed by atoms with Crippen LogP contribution in [0.3, 0.4) is 0 Å². The maximum atomic E-state index is 13.9. The molecule has 10 heteroatoms. The van der Waals surface area contributed by atoms with Gasteiger partial charge in [0.25, 0.3) is 0 Å². The summed E-state index contributed by atoms with van der Waals surface area (Å²) >= 11 is 12.5. The molecule has 1 atom stereocenters. The third-order valence-corrected chi connectivity index (χ3v) is 8.72. The fourth-order valence-electron chi connectivity index (χ4n) is 4.88. The summed E-state index contributed by atoms with van der Waals surface area (Å²) in [4.78, 5) is 28.8. The molecule has 208 valence electrons. The van der Waals surface area contributed by atoms with Crippen molar-refractivity contribution in [3.05, 3.63) is 63.1 Å². The molecule has 2 aromatic carbocycles. The Morgan fingerprint density at radius 1 is 1.05 bits per heavy atom. The fraction of sp³-hybridized carbons (Fsp3) is 0.500. The number of anilines is 1. The van der Waals surface area contributed by atoms with Gasteiger partial charge in [-0.2, -0.15) is 0 Å². The van der Waals surface area contributed by atoms with Crippen molar-refractivity contribution >= 4 is 50.7 Å². The molecule has 1 fully saturated rings. The minimum atomic E-state index is -3.81. The van der Waals surface area contributed by atoms with Gasteiger partial charge in [-0.3, -0.25) is 13.9 Å². The van der Waals surface area contributed by atoms with Crippen LogP contribution in [0.25, 0.3) is 0 Å². The lowest BCUT2D eigenvalue weighted by Crippen LogP contribution is -2.54. The summed E-state index contributed by atoms with van der Waals surface area (Å²) in [5.41, 5.74) is 2.65. The highest BCUT2D eigenvalue weighted by atomic mass is 35.5. The van der Waals surface area contributed by atoms with Crippen molar-refractivity contribution in [3.8, 4) is 0 Å². The van der Waals surface area contributed by atoms with Crippen molar-refractivity contribution in [3.63, 3.8) is 0 Å². The highest BCUT2D eigenvalue weighted by Gasteiger charge is 2.33. The minimum Gasteiger partial charge on any atom is -0.352 e. The third-order valence-electron chi connectivity index (χ3n) is 7.01. The molecule has 0 spiro atoms. The molecule has 1 aliphatic rings. The SMILES string of the molecule is CCC(C(=O)NC1CCCCC1)N(Cc1ccc(Cl)cc1Cl)C(=O)CN(c1cc(C)ccc1C)S(C)(=O)=O. The van der Waals surface area contributed by atoms with E-state index in [1.165, 1.54) is 4.90 Å². The van der Waals surface area contributed by atoms with Crippen LogP contribution < -0.4 is 9.62 Å². The van der Waals surface area contributed by atoms with Gasteiger partial charge in [0, 0.05) is 22.6 Å². The first-order chi connectivity index (χ1) is 17.9. The van der Waals surface area contributed by atoms with Gasteiger partial charge in [-0.15, -0.1) is 0 Å². The lowest BCUT2D eigenvalue weighted by Gasteiger charge is -2.34. The number of nitrogens with one attached hydrogen (secondary N) is 1. The van der Waals surface area contributed by atoms with Crippen LogP contribution in [0.2, 0.25) is 10.0 Å². The highest BCUT2D eigenvalue weighted by Crippen LogP contribution is 2.27. The number of benzene rings is 2. The second kappa shape index (κ2) is 13.2. The zero-order valence-corrected chi connectivity index (χ0v) is 24.8. The lowest BCUT2D eigenvalue weighted by atomic mass is 9.95. The number of carbonyl (C=O) groups excluding carboxylic acids is 2. The molecule has 38 heavy (non-hydrogen) atoms. The summed E-state index contributed by atoms with van der Waals surface area (Å²) < 4.78 is 26.9. The topological polar surface area (TPSA) is 86.8 Å². The molecule has 0 aliphatic heterocycles. The van der Waals surface area contributed by atoms with Crippen molar-refractivity contribution in [1.29, 1.82) is 0 Å². The summed E-state index contributed by atoms with van der Waals surface area (Å²) in [5.74, 6) is -0.733. The van der Waals surface area contributed by atoms with E-state index in [0.29, 0.717) is 27.7 Å². The largest absolute Gasteiger partial charge is 0.352 e. The molecular formula is C28H37Cl2N3O4S. The predicted molar refractivity (Wildman–Crippen MR) is 154 cm³/mol. The normalized spacial score (nSPS) is 15.1. The maximum Gasteiger partial charge on any atom is 0.244 e. The number of aryl methyl sites for hydroxylation is 2. The van der Waals surface area contributed by atoms with Crippen LogP contribution in [0, 0.1) is 13.8 Å². The number of halogens is 2. The van der Waals surface area contributed by atoms with Crippen LogP contribution in [0.4, 0.5) is 5.69 Å². The molecule has 0 radical (unpaired) electrons. The smallest absolute Gasteiger partial charge is 0.244 e. The van der Waals surface area contributed by atoms with Gasteiger partial charge in [-0.05, 0) is 68.0 Å². The van der Waals surface area contributed by atoms with Crippen molar-refractivity contribution in [2.45, 2.75) is 77.9 Å². The zero-order chi connectivity index (χ0) is 28.0. The average molecular weight is 583 g/mol. The number of sulfonamides is 1. The Balaban J connectivity index is 1.97. The number of carbonyl (C=O) groups is 2. The van der Waals surface area contributed by atoms with Gasteiger partial charge >= 0.3 is 0 Å². The van der Waals surface area contributed by atoms with Crippen LogP contribution in [0.1, 0.15) is 62.1 Å². The number of nitrogens with zero attached hydrogens (tertiary/aromatic N) is 2. The van der Waals surface area contributed by atoms with Crippen molar-refractivity contribution in [2.24, 2.45) is 0 Å². The van der Waals surface area contributed by atoms with E-state index in [0.717, 1.165) is 53.8 Å². The Labute approximate surface area is 236 Å². The van der Waals surface area contributed by atoms with E-state index in [9.17, 15) is 18.0 Å². The molecule has 1 unspecified atom stereocenters. The molecule has 1 aliphatic carbocycles. The van der Waals surface area contributed by atoms with Crippen LogP contribution >= 0.6 is 23.2 Å². The summed E-state index contributed by atoms with van der Waals surface area (Å²) in [5, 5.41) is 3.95. The third kappa shape index (κ3) is 7.87. The van der Waals surface area contributed by atoms with Gasteiger partial charge in [-0.1, -0.05) is 67.6 Å². The summed E-state index contributed by atoms with van der Waals surface area (Å²) in [6.07, 6.45) is 6.53. The van der Waals surface area contributed by atoms with E-state index in [1.807, 2.05) is 26.0 Å². The van der Waals surface area contributed by atoms with E-state index in [2.05, 4.69) is 5.32 Å². The summed E-state index contributed by atoms with van der Waals surface area (Å²) in [6, 6.07) is 9.72. The predicted octanol–water partition coefficient (Wildman–Crippen LogP) is 5.63. The molecule has 7 nitrogen and oxygen atoms in total. The Morgan fingerprint density at radius 3 is 2.34 bits per heavy atom. The van der Waals surface area contributed by atoms with E-state index in [4.69, 9.17) is 23.2 Å². The molecular weight excluding hydrogens is 545 g/mol. The van der Waals surface area contributed by atoms with Gasteiger partial charge in [0.05, 0.1) is 11.9 Å². The number of rotatable bonds is 10. The maximum absolute atomic E-state index is 13.9. The van der Waals surface area contributed by atoms with E-state index >= 15 is 0 Å². The fourth-order valence-corrected chi connectivity index (χ4v) is 6.25. The van der Waals surface area contributed by atoms with Gasteiger partial charge in [0.15, 0.2) is 0 Å². The Bertz CT molecular complexity index is 1260. The van der Waals surface area contributed by atoms with Gasteiger partial charge in [0.1, 0.15) is 12.6 Å². The van der Waals surface area contributed by atoms with Crippen LogP contribution in [0.5, 0.6) is 0 Å². The van der Waals surface area contributed by atoms with Crippen molar-refractivity contribution in [2.75, 3.05) is 17.1 Å². The average Bonchev–Trinajstić information content (AvgIpc) is 2.85. The van der Waals surface area contributed by atoms with E-state index in [1.54, 1.807) is 31.2 Å². The zero-order valence-electron chi connectivity index (χ0n) is 22.5. The minimum absolute atomic E-state index is 0.0375. The van der Waals surface area contributed by atoms with E-state index in [-0.39, 0.29) is 18.5 Å². The quantitative estimate of drug-likeness (QED) is 0.393. The molecule has 0 heterocycles. The number of hydrogen-bond acceptors (Lipinski definition) is 4. The van der Waals surface area contributed by atoms with Crippen LogP contribution in [-0.2, 0) is 26.2 Å². The molecule has 2 aromatic rings. The van der Waals surface area contributed by atoms with Crippen molar-refractivity contribution < 1.29 is 18.0 Å². The molecule has 1 N–H and O–H groups in total. The van der Waals surface area contributed by atoms with Crippen molar-refractivity contribution in [1.82, 2.24) is 10.2 Å². The first kappa shape index (κ1) is 30.3. The van der Waals surface area contributed by atoms with Crippen LogP contribution in [0.15, 0.2) is 36.4 Å². The molecule has 0 bridgehead atoms. The number of amides is 2. The van der Waals surface area contributed by atoms with Gasteiger partial charge in [-0.25, -0.2) is 8.42 Å². The Kier molecular flexibility index (Phi) is 10.5. The standard InChI is InChI=1S/C28H37Cl2N3O4S/c1-5-25(28(35)31-23-9-7-6-8-10-23)32(17-21-13-14-22(29)16-24(21)30)27(34)18-33(38(4,36)37)26-15-19(2)11-12-20(26)3/h11-16,23,25H,5-10,17-18H2,1-4H3,(H,31,35). The highest BCUT2D eigenvalue weighted by molar-refractivity contribution is 7.92. The monoisotopic (exact) mass is 581 g/mol. The molecule has 3 rings (SSSR count). The van der Waals surface area contributed by atoms with Gasteiger partial charge in [0.2, 0.25) is 21.8 Å². The first-order valence-corrected chi connectivity index (χ1v) is 15.6. The first-order valence-electron chi connectivity index (χ1n) is 13.0. The van der Waals surface area contributed by atoms with Crippen LogP contribution in [-0.4, -0.2) is 50.0 Å². The molecule has 0 saturated heterocycles. The Hall–Kier alpha value is -2.29. The molecule has 2 amide bonds. The lowest BCUT2D eigenvalue weighted by molar-refractivity contribution is -0.140. The Morgan fingerprint density at radius 2 is 1.74 bits per heavy atom. The summed E-state index contributed by atoms with van der Waals surface area (Å²) in [7, 11) is -3.81. The van der Waals surface area contributed by atoms with E-state index < -0.39 is 28.5 Å². The second-order valence-electron chi connectivity index (χ2n) is 10.1.